The summed E-state index contributed by atoms with van der Waals surface area (Å²) in [6, 6.07) is 6.87. The van der Waals surface area contributed by atoms with E-state index in [0.29, 0.717) is 41.2 Å². The first-order chi connectivity index (χ1) is 21.2. The highest BCUT2D eigenvalue weighted by molar-refractivity contribution is 9.10. The van der Waals surface area contributed by atoms with Gasteiger partial charge in [0.1, 0.15) is 17.3 Å². The lowest BCUT2D eigenvalue weighted by atomic mass is 9.91. The maximum absolute atomic E-state index is 12.7. The standard InChI is InChI=1S/C29H36BrN7O8/c1-28(2,25(31)41)26(42)33-12-6-11-32-23-17(30)14-34-27(37-23)36-16-8-5-7-15(13-16)35-19(39)10-9-18(38)20-21-22(24(40)43-20)45-29(3,4)44-21/h5,7-8,13-14,20-22H,6,9-12H2,1-4H3,(H2,31,41)(H,33,42)(H,35,39)(H2,32,34,36,37). The molecule has 3 unspecified atom stereocenters. The molecule has 3 amide bonds. The van der Waals surface area contributed by atoms with Crippen LogP contribution in [-0.2, 0) is 38.2 Å². The van der Waals surface area contributed by atoms with Crippen molar-refractivity contribution in [3.63, 3.8) is 0 Å². The number of hydrogen-bond acceptors (Lipinski definition) is 12. The molecule has 242 valence electrons. The summed E-state index contributed by atoms with van der Waals surface area (Å²) in [7, 11) is 0. The number of fused-ring (bicyclic) bond motifs is 1. The molecule has 2 fully saturated rings. The molecule has 0 spiro atoms. The number of ketones is 1. The Balaban J connectivity index is 1.24. The van der Waals surface area contributed by atoms with E-state index in [9.17, 15) is 24.0 Å². The largest absolute Gasteiger partial charge is 0.449 e. The molecule has 2 aromatic rings. The Morgan fingerprint density at radius 2 is 1.82 bits per heavy atom. The number of anilines is 4. The Bertz CT molecular complexity index is 1480. The summed E-state index contributed by atoms with van der Waals surface area (Å²) in [6.07, 6.45) is -1.04. The van der Waals surface area contributed by atoms with Crippen molar-refractivity contribution in [3.8, 4) is 0 Å². The number of carbonyl (C=O) groups is 5. The molecule has 6 N–H and O–H groups in total. The molecule has 45 heavy (non-hydrogen) atoms. The van der Waals surface area contributed by atoms with E-state index in [1.165, 1.54) is 13.8 Å². The molecule has 0 bridgehead atoms. The van der Waals surface area contributed by atoms with Gasteiger partial charge in [0, 0.05) is 43.5 Å². The van der Waals surface area contributed by atoms with Crippen LogP contribution in [0.15, 0.2) is 34.9 Å². The number of halogens is 1. The van der Waals surface area contributed by atoms with E-state index in [2.05, 4.69) is 47.2 Å². The Hall–Kier alpha value is -4.15. The number of benzene rings is 1. The quantitative estimate of drug-likeness (QED) is 0.110. The molecule has 15 nitrogen and oxygen atoms in total. The van der Waals surface area contributed by atoms with Crippen LogP contribution in [0.1, 0.15) is 47.0 Å². The number of aromatic nitrogens is 2. The second-order valence-electron chi connectivity index (χ2n) is 11.5. The van der Waals surface area contributed by atoms with E-state index < -0.39 is 59.0 Å². The Morgan fingerprint density at radius 1 is 1.09 bits per heavy atom. The number of hydrogen-bond donors (Lipinski definition) is 5. The van der Waals surface area contributed by atoms with Gasteiger partial charge in [-0.15, -0.1) is 0 Å². The lowest BCUT2D eigenvalue weighted by Crippen LogP contribution is -2.46. The number of ether oxygens (including phenoxy) is 3. The van der Waals surface area contributed by atoms with Crippen molar-refractivity contribution in [1.29, 1.82) is 0 Å². The van der Waals surface area contributed by atoms with E-state index in [1.807, 2.05) is 0 Å². The molecule has 3 heterocycles. The highest BCUT2D eigenvalue weighted by atomic mass is 79.9. The zero-order chi connectivity index (χ0) is 32.9. The van der Waals surface area contributed by atoms with Gasteiger partial charge in [-0.3, -0.25) is 19.2 Å². The second kappa shape index (κ2) is 13.9. The molecule has 4 rings (SSSR count). The van der Waals surface area contributed by atoms with E-state index in [-0.39, 0.29) is 18.8 Å². The number of nitrogens with two attached hydrogens (primary N) is 1. The molecule has 0 saturated carbocycles. The average molecular weight is 691 g/mol. The van der Waals surface area contributed by atoms with Gasteiger partial charge >= 0.3 is 5.97 Å². The van der Waals surface area contributed by atoms with Crippen LogP contribution >= 0.6 is 15.9 Å². The molecule has 0 radical (unpaired) electrons. The molecule has 0 aliphatic carbocycles. The highest BCUT2D eigenvalue weighted by Gasteiger charge is 2.57. The van der Waals surface area contributed by atoms with Crippen molar-refractivity contribution in [3.05, 3.63) is 34.9 Å². The minimum absolute atomic E-state index is 0.121. The topological polar surface area (TPSA) is 213 Å². The smallest absolute Gasteiger partial charge is 0.339 e. The van der Waals surface area contributed by atoms with Crippen LogP contribution in [0.25, 0.3) is 0 Å². The number of carbonyl (C=O) groups excluding carboxylic acids is 5. The summed E-state index contributed by atoms with van der Waals surface area (Å²) in [4.78, 5) is 69.7. The van der Waals surface area contributed by atoms with Crippen LogP contribution in [0, 0.1) is 5.41 Å². The predicted octanol–water partition coefficient (Wildman–Crippen LogP) is 2.15. The van der Waals surface area contributed by atoms with Crippen LogP contribution in [0.2, 0.25) is 0 Å². The van der Waals surface area contributed by atoms with Crippen molar-refractivity contribution in [2.24, 2.45) is 11.1 Å². The lowest BCUT2D eigenvalue weighted by Gasteiger charge is -2.20. The van der Waals surface area contributed by atoms with Gasteiger partial charge in [0.2, 0.25) is 23.7 Å². The van der Waals surface area contributed by atoms with Crippen molar-refractivity contribution >= 4 is 68.5 Å². The van der Waals surface area contributed by atoms with Gasteiger partial charge < -0.3 is 41.2 Å². The van der Waals surface area contributed by atoms with Gasteiger partial charge in [-0.25, -0.2) is 9.78 Å². The summed E-state index contributed by atoms with van der Waals surface area (Å²) in [5, 5.41) is 11.7. The van der Waals surface area contributed by atoms with E-state index in [0.717, 1.165) is 0 Å². The third-order valence-electron chi connectivity index (χ3n) is 7.08. The second-order valence-corrected chi connectivity index (χ2v) is 12.4. The van der Waals surface area contributed by atoms with Crippen LogP contribution in [0.4, 0.5) is 23.1 Å². The normalized spacial score (nSPS) is 20.1. The molecular formula is C29H36BrN7O8. The molecular weight excluding hydrogens is 654 g/mol. The molecule has 16 heteroatoms. The third kappa shape index (κ3) is 8.52. The fourth-order valence-corrected chi connectivity index (χ4v) is 4.82. The number of rotatable bonds is 14. The summed E-state index contributed by atoms with van der Waals surface area (Å²) in [6.45, 7) is 7.05. The van der Waals surface area contributed by atoms with Gasteiger partial charge in [-0.1, -0.05) is 6.07 Å². The first kappa shape index (κ1) is 33.7. The number of primary amides is 1. The molecule has 2 saturated heterocycles. The fraction of sp³-hybridized carbons (Fsp3) is 0.483. The summed E-state index contributed by atoms with van der Waals surface area (Å²) >= 11 is 3.41. The van der Waals surface area contributed by atoms with Crippen molar-refractivity contribution in [2.45, 2.75) is 71.1 Å². The van der Waals surface area contributed by atoms with Crippen molar-refractivity contribution in [1.82, 2.24) is 15.3 Å². The maximum Gasteiger partial charge on any atom is 0.339 e. The van der Waals surface area contributed by atoms with E-state index in [1.54, 1.807) is 44.3 Å². The molecule has 1 aromatic heterocycles. The third-order valence-corrected chi connectivity index (χ3v) is 7.66. The van der Waals surface area contributed by atoms with Gasteiger partial charge in [0.25, 0.3) is 0 Å². The zero-order valence-electron chi connectivity index (χ0n) is 25.3. The number of cyclic esters (lactones) is 1. The number of esters is 1. The van der Waals surface area contributed by atoms with Crippen LogP contribution in [0.3, 0.4) is 0 Å². The van der Waals surface area contributed by atoms with Crippen LogP contribution in [0.5, 0.6) is 0 Å². The van der Waals surface area contributed by atoms with Crippen LogP contribution in [-0.4, -0.2) is 76.6 Å². The summed E-state index contributed by atoms with van der Waals surface area (Å²) in [5.74, 6) is -2.80. The number of amides is 3. The van der Waals surface area contributed by atoms with Gasteiger partial charge in [0.05, 0.1) is 4.47 Å². The SMILES string of the molecule is CC1(C)OC2C(=O)OC(C(=O)CCC(=O)Nc3cccc(Nc4ncc(Br)c(NCCCNC(=O)C(C)(C)C(N)=O)n4)c3)C2O1. The first-order valence-electron chi connectivity index (χ1n) is 14.3. The molecule has 2 aliphatic heterocycles. The minimum Gasteiger partial charge on any atom is -0.449 e. The molecule has 2 aliphatic rings. The Kier molecular flexibility index (Phi) is 10.4. The number of nitrogens with zero attached hydrogens (tertiary/aromatic N) is 2. The molecule has 1 aromatic carbocycles. The highest BCUT2D eigenvalue weighted by Crippen LogP contribution is 2.36. The Morgan fingerprint density at radius 3 is 2.56 bits per heavy atom. The number of nitrogens with one attached hydrogen (secondary N) is 4. The fourth-order valence-electron chi connectivity index (χ4n) is 4.49. The van der Waals surface area contributed by atoms with Gasteiger partial charge in [-0.05, 0) is 68.2 Å². The van der Waals surface area contributed by atoms with Crippen LogP contribution < -0.4 is 27.0 Å². The first-order valence-corrected chi connectivity index (χ1v) is 15.1. The zero-order valence-corrected chi connectivity index (χ0v) is 26.9. The summed E-state index contributed by atoms with van der Waals surface area (Å²) < 4.78 is 17.0. The number of Topliss-reactive ketones (excluding diaryl/α,β-unsaturated/α-hetero) is 1. The summed E-state index contributed by atoms with van der Waals surface area (Å²) in [5.41, 5.74) is 5.06. The van der Waals surface area contributed by atoms with Gasteiger partial charge in [-0.2, -0.15) is 4.98 Å². The van der Waals surface area contributed by atoms with E-state index >= 15 is 0 Å². The monoisotopic (exact) mass is 689 g/mol. The Labute approximate surface area is 267 Å². The maximum atomic E-state index is 12.7. The molecule has 3 atom stereocenters. The van der Waals surface area contributed by atoms with Gasteiger partial charge in [0.15, 0.2) is 23.8 Å². The van der Waals surface area contributed by atoms with Crippen molar-refractivity contribution < 1.29 is 38.2 Å². The minimum atomic E-state index is -1.29. The lowest BCUT2D eigenvalue weighted by molar-refractivity contribution is -0.188. The predicted molar refractivity (Wildman–Crippen MR) is 165 cm³/mol. The van der Waals surface area contributed by atoms with E-state index in [4.69, 9.17) is 19.9 Å². The van der Waals surface area contributed by atoms with Crippen molar-refractivity contribution in [2.75, 3.05) is 29.0 Å². The average Bonchev–Trinajstić information content (AvgIpc) is 3.45.